The van der Waals surface area contributed by atoms with E-state index in [1.54, 1.807) is 6.26 Å². The summed E-state index contributed by atoms with van der Waals surface area (Å²) in [6, 6.07) is 3.72. The summed E-state index contributed by atoms with van der Waals surface area (Å²) in [5.74, 6) is 0.811. The van der Waals surface area contributed by atoms with Gasteiger partial charge < -0.3 is 14.9 Å². The van der Waals surface area contributed by atoms with E-state index in [-0.39, 0.29) is 6.10 Å². The maximum Gasteiger partial charge on any atom is 0.133 e. The van der Waals surface area contributed by atoms with Crippen molar-refractivity contribution in [3.63, 3.8) is 0 Å². The first kappa shape index (κ1) is 9.29. The highest BCUT2D eigenvalue weighted by Crippen LogP contribution is 2.16. The van der Waals surface area contributed by atoms with Gasteiger partial charge in [-0.15, -0.1) is 0 Å². The van der Waals surface area contributed by atoms with Crippen molar-refractivity contribution in [3.05, 3.63) is 24.2 Å². The summed E-state index contributed by atoms with van der Waals surface area (Å²) in [6.07, 6.45) is 2.55. The largest absolute Gasteiger partial charge is 0.467 e. The van der Waals surface area contributed by atoms with Gasteiger partial charge in [0.2, 0.25) is 0 Å². The van der Waals surface area contributed by atoms with E-state index in [1.807, 2.05) is 12.1 Å². The van der Waals surface area contributed by atoms with Gasteiger partial charge in [0.05, 0.1) is 6.26 Å². The fourth-order valence-corrected chi connectivity index (χ4v) is 1.00. The van der Waals surface area contributed by atoms with Gasteiger partial charge in [0.25, 0.3) is 0 Å². The SMILES string of the molecule is CCCOC(CN)c1ccco1. The highest BCUT2D eigenvalue weighted by Gasteiger charge is 2.11. The van der Waals surface area contributed by atoms with E-state index < -0.39 is 0 Å². The predicted octanol–water partition coefficient (Wildman–Crippen LogP) is 1.71. The normalized spacial score (nSPS) is 13.2. The summed E-state index contributed by atoms with van der Waals surface area (Å²) in [5.41, 5.74) is 5.52. The number of hydrogen-bond donors (Lipinski definition) is 1. The van der Waals surface area contributed by atoms with Crippen LogP contribution in [0.3, 0.4) is 0 Å². The van der Waals surface area contributed by atoms with Gasteiger partial charge >= 0.3 is 0 Å². The van der Waals surface area contributed by atoms with Crippen LogP contribution in [0, 0.1) is 0 Å². The van der Waals surface area contributed by atoms with Crippen LogP contribution in [0.2, 0.25) is 0 Å². The van der Waals surface area contributed by atoms with Gasteiger partial charge in [0.15, 0.2) is 0 Å². The first-order valence-corrected chi connectivity index (χ1v) is 4.23. The molecule has 1 atom stereocenters. The van der Waals surface area contributed by atoms with Gasteiger partial charge in [0, 0.05) is 13.2 Å². The molecule has 0 bridgehead atoms. The lowest BCUT2D eigenvalue weighted by Gasteiger charge is -2.12. The van der Waals surface area contributed by atoms with Crippen molar-refractivity contribution in [1.82, 2.24) is 0 Å². The van der Waals surface area contributed by atoms with Gasteiger partial charge in [-0.2, -0.15) is 0 Å². The monoisotopic (exact) mass is 169 g/mol. The van der Waals surface area contributed by atoms with Gasteiger partial charge in [-0.05, 0) is 18.6 Å². The number of hydrogen-bond acceptors (Lipinski definition) is 3. The maximum absolute atomic E-state index is 5.52. The summed E-state index contributed by atoms with van der Waals surface area (Å²) in [6.45, 7) is 3.26. The number of ether oxygens (including phenoxy) is 1. The molecule has 0 aromatic carbocycles. The molecular formula is C9H15NO2. The molecule has 68 valence electrons. The van der Waals surface area contributed by atoms with E-state index in [1.165, 1.54) is 0 Å². The zero-order chi connectivity index (χ0) is 8.81. The molecule has 1 rings (SSSR count). The van der Waals surface area contributed by atoms with Gasteiger partial charge in [0.1, 0.15) is 11.9 Å². The Labute approximate surface area is 72.5 Å². The zero-order valence-corrected chi connectivity index (χ0v) is 7.32. The van der Waals surface area contributed by atoms with Crippen molar-refractivity contribution >= 4 is 0 Å². The quantitative estimate of drug-likeness (QED) is 0.729. The Balaban J connectivity index is 2.45. The molecule has 1 aromatic heterocycles. The van der Waals surface area contributed by atoms with E-state index >= 15 is 0 Å². The lowest BCUT2D eigenvalue weighted by atomic mass is 10.3. The fraction of sp³-hybridized carbons (Fsp3) is 0.556. The van der Waals surface area contributed by atoms with E-state index in [9.17, 15) is 0 Å². The van der Waals surface area contributed by atoms with Gasteiger partial charge in [-0.25, -0.2) is 0 Å². The molecule has 12 heavy (non-hydrogen) atoms. The second kappa shape index (κ2) is 4.95. The third kappa shape index (κ3) is 2.36. The maximum atomic E-state index is 5.52. The Bertz CT molecular complexity index is 196. The summed E-state index contributed by atoms with van der Waals surface area (Å²) < 4.78 is 10.6. The summed E-state index contributed by atoms with van der Waals surface area (Å²) in [5, 5.41) is 0. The lowest BCUT2D eigenvalue weighted by molar-refractivity contribution is 0.0442. The van der Waals surface area contributed by atoms with Crippen LogP contribution in [0.25, 0.3) is 0 Å². The smallest absolute Gasteiger partial charge is 0.133 e. The van der Waals surface area contributed by atoms with Gasteiger partial charge in [-0.1, -0.05) is 6.92 Å². The van der Waals surface area contributed by atoms with Crippen molar-refractivity contribution in [2.45, 2.75) is 19.4 Å². The van der Waals surface area contributed by atoms with E-state index in [0.29, 0.717) is 6.54 Å². The molecule has 1 heterocycles. The number of furan rings is 1. The van der Waals surface area contributed by atoms with Crippen molar-refractivity contribution in [1.29, 1.82) is 0 Å². The van der Waals surface area contributed by atoms with Crippen molar-refractivity contribution in [2.24, 2.45) is 5.73 Å². The van der Waals surface area contributed by atoms with E-state index in [2.05, 4.69) is 6.92 Å². The first-order valence-electron chi connectivity index (χ1n) is 4.23. The second-order valence-corrected chi connectivity index (χ2v) is 2.61. The third-order valence-electron chi connectivity index (χ3n) is 1.60. The van der Waals surface area contributed by atoms with Crippen molar-refractivity contribution in [3.8, 4) is 0 Å². The Hall–Kier alpha value is -0.800. The molecule has 1 aromatic rings. The standard InChI is InChI=1S/C9H15NO2/c1-2-5-11-9(7-10)8-4-3-6-12-8/h3-4,6,9H,2,5,7,10H2,1H3. The summed E-state index contributed by atoms with van der Waals surface area (Å²) in [4.78, 5) is 0. The predicted molar refractivity (Wildman–Crippen MR) is 46.7 cm³/mol. The molecule has 0 aliphatic heterocycles. The fourth-order valence-electron chi connectivity index (χ4n) is 1.00. The molecule has 0 aliphatic carbocycles. The molecule has 0 fully saturated rings. The zero-order valence-electron chi connectivity index (χ0n) is 7.32. The molecule has 3 heteroatoms. The topological polar surface area (TPSA) is 48.4 Å². The molecule has 0 saturated heterocycles. The lowest BCUT2D eigenvalue weighted by Crippen LogP contribution is -2.15. The summed E-state index contributed by atoms with van der Waals surface area (Å²) in [7, 11) is 0. The molecule has 0 amide bonds. The minimum atomic E-state index is -0.0834. The first-order chi connectivity index (χ1) is 5.88. The Morgan fingerprint density at radius 3 is 3.00 bits per heavy atom. The molecule has 0 saturated carbocycles. The average molecular weight is 169 g/mol. The molecular weight excluding hydrogens is 154 g/mol. The van der Waals surface area contributed by atoms with Crippen LogP contribution in [-0.2, 0) is 4.74 Å². The van der Waals surface area contributed by atoms with Crippen LogP contribution in [0.4, 0.5) is 0 Å². The Kier molecular flexibility index (Phi) is 3.84. The van der Waals surface area contributed by atoms with Crippen LogP contribution < -0.4 is 5.73 Å². The van der Waals surface area contributed by atoms with Crippen molar-refractivity contribution < 1.29 is 9.15 Å². The molecule has 2 N–H and O–H groups in total. The third-order valence-corrected chi connectivity index (χ3v) is 1.60. The summed E-state index contributed by atoms with van der Waals surface area (Å²) >= 11 is 0. The van der Waals surface area contributed by atoms with Crippen LogP contribution in [0.5, 0.6) is 0 Å². The van der Waals surface area contributed by atoms with Crippen LogP contribution >= 0.6 is 0 Å². The van der Waals surface area contributed by atoms with E-state index in [4.69, 9.17) is 14.9 Å². The minimum Gasteiger partial charge on any atom is -0.467 e. The second-order valence-electron chi connectivity index (χ2n) is 2.61. The minimum absolute atomic E-state index is 0.0834. The number of rotatable bonds is 5. The average Bonchev–Trinajstić information content (AvgIpc) is 2.59. The highest BCUT2D eigenvalue weighted by molar-refractivity contribution is 5.02. The molecule has 3 nitrogen and oxygen atoms in total. The van der Waals surface area contributed by atoms with Gasteiger partial charge in [-0.3, -0.25) is 0 Å². The molecule has 0 radical (unpaired) electrons. The Morgan fingerprint density at radius 1 is 1.67 bits per heavy atom. The van der Waals surface area contributed by atoms with E-state index in [0.717, 1.165) is 18.8 Å². The molecule has 0 aliphatic rings. The Morgan fingerprint density at radius 2 is 2.50 bits per heavy atom. The van der Waals surface area contributed by atoms with Crippen LogP contribution in [0.15, 0.2) is 22.8 Å². The van der Waals surface area contributed by atoms with Crippen LogP contribution in [-0.4, -0.2) is 13.2 Å². The number of nitrogens with two attached hydrogens (primary N) is 1. The highest BCUT2D eigenvalue weighted by atomic mass is 16.5. The molecule has 0 spiro atoms. The van der Waals surface area contributed by atoms with Crippen molar-refractivity contribution in [2.75, 3.05) is 13.2 Å². The van der Waals surface area contributed by atoms with Crippen LogP contribution in [0.1, 0.15) is 25.2 Å². The molecule has 1 unspecified atom stereocenters.